The summed E-state index contributed by atoms with van der Waals surface area (Å²) in [5.41, 5.74) is 0.635. The van der Waals surface area contributed by atoms with Gasteiger partial charge in [-0.1, -0.05) is 28.8 Å². The Morgan fingerprint density at radius 2 is 2.11 bits per heavy atom. The van der Waals surface area contributed by atoms with E-state index >= 15 is 0 Å². The second-order valence-corrected chi connectivity index (χ2v) is 5.67. The third-order valence-corrected chi connectivity index (χ3v) is 3.92. The van der Waals surface area contributed by atoms with Crippen LogP contribution in [0, 0.1) is 11.7 Å². The summed E-state index contributed by atoms with van der Waals surface area (Å²) in [5.74, 6) is 0.0913. The molecule has 1 aliphatic rings. The number of hydrogen-bond donors (Lipinski definition) is 1. The van der Waals surface area contributed by atoms with Crippen molar-refractivity contribution >= 4 is 21.8 Å². The van der Waals surface area contributed by atoms with Crippen LogP contribution in [0.25, 0.3) is 0 Å². The summed E-state index contributed by atoms with van der Waals surface area (Å²) in [6.45, 7) is 0.503. The molecule has 0 heterocycles. The standard InChI is InChI=1S/C14H17BrFNO/c15-12-5-6-13(16)11(9-12)7-8-17-14(18)10-3-1-2-4-10/h5-6,9-10H,1-4,7-8H2,(H,17,18). The molecule has 1 fully saturated rings. The molecular formula is C14H17BrFNO. The van der Waals surface area contributed by atoms with Gasteiger partial charge in [0.2, 0.25) is 5.91 Å². The molecule has 0 saturated heterocycles. The van der Waals surface area contributed by atoms with Crippen LogP contribution in [0.1, 0.15) is 31.2 Å². The highest BCUT2D eigenvalue weighted by atomic mass is 79.9. The topological polar surface area (TPSA) is 29.1 Å². The van der Waals surface area contributed by atoms with Crippen LogP contribution >= 0.6 is 15.9 Å². The van der Waals surface area contributed by atoms with Crippen molar-refractivity contribution in [3.63, 3.8) is 0 Å². The van der Waals surface area contributed by atoms with Gasteiger partial charge < -0.3 is 5.32 Å². The van der Waals surface area contributed by atoms with E-state index in [0.29, 0.717) is 18.5 Å². The fraction of sp³-hybridized carbons (Fsp3) is 0.500. The predicted octanol–water partition coefficient (Wildman–Crippen LogP) is 3.44. The van der Waals surface area contributed by atoms with Gasteiger partial charge in [-0.25, -0.2) is 4.39 Å². The van der Waals surface area contributed by atoms with E-state index in [-0.39, 0.29) is 17.6 Å². The van der Waals surface area contributed by atoms with E-state index in [1.54, 1.807) is 12.1 Å². The van der Waals surface area contributed by atoms with Gasteiger partial charge in [0.25, 0.3) is 0 Å². The van der Waals surface area contributed by atoms with E-state index < -0.39 is 0 Å². The molecule has 0 atom stereocenters. The van der Waals surface area contributed by atoms with Crippen molar-refractivity contribution in [1.82, 2.24) is 5.32 Å². The molecule has 1 saturated carbocycles. The van der Waals surface area contributed by atoms with Gasteiger partial charge in [-0.2, -0.15) is 0 Å². The first-order valence-electron chi connectivity index (χ1n) is 6.38. The highest BCUT2D eigenvalue weighted by Crippen LogP contribution is 2.24. The molecule has 2 rings (SSSR count). The quantitative estimate of drug-likeness (QED) is 0.906. The van der Waals surface area contributed by atoms with Crippen LogP contribution < -0.4 is 5.32 Å². The molecule has 0 unspecified atom stereocenters. The van der Waals surface area contributed by atoms with E-state index in [4.69, 9.17) is 0 Å². The van der Waals surface area contributed by atoms with Crippen LogP contribution in [0.15, 0.2) is 22.7 Å². The Bertz CT molecular complexity index is 430. The SMILES string of the molecule is O=C(NCCc1cc(Br)ccc1F)C1CCCC1. The van der Waals surface area contributed by atoms with Crippen LogP contribution in [0.3, 0.4) is 0 Å². The van der Waals surface area contributed by atoms with Gasteiger partial charge in [-0.15, -0.1) is 0 Å². The monoisotopic (exact) mass is 313 g/mol. The fourth-order valence-electron chi connectivity index (χ4n) is 2.39. The van der Waals surface area contributed by atoms with E-state index in [1.807, 2.05) is 0 Å². The number of carbonyl (C=O) groups is 1. The zero-order valence-corrected chi connectivity index (χ0v) is 11.8. The van der Waals surface area contributed by atoms with E-state index in [9.17, 15) is 9.18 Å². The maximum Gasteiger partial charge on any atom is 0.223 e. The normalized spacial score (nSPS) is 15.9. The number of halogens is 2. The first kappa shape index (κ1) is 13.5. The van der Waals surface area contributed by atoms with Crippen molar-refractivity contribution in [1.29, 1.82) is 0 Å². The smallest absolute Gasteiger partial charge is 0.223 e. The Balaban J connectivity index is 1.81. The third kappa shape index (κ3) is 3.55. The average Bonchev–Trinajstić information content (AvgIpc) is 2.87. The average molecular weight is 314 g/mol. The maximum atomic E-state index is 13.5. The van der Waals surface area contributed by atoms with Crippen LogP contribution in [-0.4, -0.2) is 12.5 Å². The van der Waals surface area contributed by atoms with E-state index in [1.165, 1.54) is 6.07 Å². The van der Waals surface area contributed by atoms with Crippen LogP contribution in [-0.2, 0) is 11.2 Å². The minimum Gasteiger partial charge on any atom is -0.356 e. The van der Waals surface area contributed by atoms with Crippen LogP contribution in [0.4, 0.5) is 4.39 Å². The van der Waals surface area contributed by atoms with E-state index in [0.717, 1.165) is 30.2 Å². The van der Waals surface area contributed by atoms with Crippen LogP contribution in [0.2, 0.25) is 0 Å². The van der Waals surface area contributed by atoms with Gasteiger partial charge in [0.15, 0.2) is 0 Å². The van der Waals surface area contributed by atoms with Gasteiger partial charge in [-0.3, -0.25) is 4.79 Å². The molecule has 4 heteroatoms. The number of amides is 1. The molecular weight excluding hydrogens is 297 g/mol. The van der Waals surface area contributed by atoms with Crippen molar-refractivity contribution < 1.29 is 9.18 Å². The summed E-state index contributed by atoms with van der Waals surface area (Å²) in [6.07, 6.45) is 4.83. The lowest BCUT2D eigenvalue weighted by molar-refractivity contribution is -0.124. The summed E-state index contributed by atoms with van der Waals surface area (Å²) in [6, 6.07) is 4.88. The van der Waals surface area contributed by atoms with Crippen molar-refractivity contribution in [3.8, 4) is 0 Å². The molecule has 2 nitrogen and oxygen atoms in total. The number of hydrogen-bond acceptors (Lipinski definition) is 1. The summed E-state index contributed by atoms with van der Waals surface area (Å²) >= 11 is 3.32. The van der Waals surface area contributed by atoms with Crippen molar-refractivity contribution in [2.24, 2.45) is 5.92 Å². The number of carbonyl (C=O) groups excluding carboxylic acids is 1. The molecule has 0 spiro atoms. The van der Waals surface area contributed by atoms with E-state index in [2.05, 4.69) is 21.2 Å². The van der Waals surface area contributed by atoms with Gasteiger partial charge in [-0.05, 0) is 43.0 Å². The number of nitrogens with one attached hydrogen (secondary N) is 1. The maximum absolute atomic E-state index is 13.5. The highest BCUT2D eigenvalue weighted by molar-refractivity contribution is 9.10. The van der Waals surface area contributed by atoms with Gasteiger partial charge >= 0.3 is 0 Å². The molecule has 1 aromatic rings. The summed E-state index contributed by atoms with van der Waals surface area (Å²) in [5, 5.41) is 2.90. The highest BCUT2D eigenvalue weighted by Gasteiger charge is 2.21. The van der Waals surface area contributed by atoms with Gasteiger partial charge in [0, 0.05) is 16.9 Å². The van der Waals surface area contributed by atoms with Gasteiger partial charge in [0.1, 0.15) is 5.82 Å². The Morgan fingerprint density at radius 3 is 2.83 bits per heavy atom. The minimum absolute atomic E-state index is 0.128. The minimum atomic E-state index is -0.215. The second-order valence-electron chi connectivity index (χ2n) is 4.76. The largest absolute Gasteiger partial charge is 0.356 e. The Morgan fingerprint density at radius 1 is 1.39 bits per heavy atom. The molecule has 0 aliphatic heterocycles. The third-order valence-electron chi connectivity index (χ3n) is 3.43. The summed E-state index contributed by atoms with van der Waals surface area (Å²) in [4.78, 5) is 11.8. The predicted molar refractivity (Wildman–Crippen MR) is 72.8 cm³/mol. The summed E-state index contributed by atoms with van der Waals surface area (Å²) < 4.78 is 14.3. The number of rotatable bonds is 4. The number of benzene rings is 1. The van der Waals surface area contributed by atoms with Crippen molar-refractivity contribution in [2.45, 2.75) is 32.1 Å². The lowest BCUT2D eigenvalue weighted by Crippen LogP contribution is -2.31. The van der Waals surface area contributed by atoms with Crippen molar-refractivity contribution in [3.05, 3.63) is 34.1 Å². The Hall–Kier alpha value is -0.900. The fourth-order valence-corrected chi connectivity index (χ4v) is 2.80. The zero-order valence-electron chi connectivity index (χ0n) is 10.2. The van der Waals surface area contributed by atoms with Crippen LogP contribution in [0.5, 0.6) is 0 Å². The molecule has 18 heavy (non-hydrogen) atoms. The Labute approximate surface area is 115 Å². The zero-order chi connectivity index (χ0) is 13.0. The van der Waals surface area contributed by atoms with Gasteiger partial charge in [0.05, 0.1) is 0 Å². The molecule has 98 valence electrons. The molecule has 1 aromatic carbocycles. The molecule has 0 radical (unpaired) electrons. The molecule has 1 aliphatic carbocycles. The molecule has 1 amide bonds. The lowest BCUT2D eigenvalue weighted by Gasteiger charge is -2.10. The molecule has 1 N–H and O–H groups in total. The molecule has 0 bridgehead atoms. The first-order valence-corrected chi connectivity index (χ1v) is 7.18. The van der Waals surface area contributed by atoms with Crippen molar-refractivity contribution in [2.75, 3.05) is 6.54 Å². The lowest BCUT2D eigenvalue weighted by atomic mass is 10.1. The molecule has 0 aromatic heterocycles. The second kappa shape index (κ2) is 6.32. The summed E-state index contributed by atoms with van der Waals surface area (Å²) in [7, 11) is 0. The Kier molecular flexibility index (Phi) is 4.75. The first-order chi connectivity index (χ1) is 8.66.